The molecule has 0 aliphatic heterocycles. The first-order valence-electron chi connectivity index (χ1n) is 4.22. The van der Waals surface area contributed by atoms with Crippen LogP contribution in [-0.4, -0.2) is 25.4 Å². The quantitative estimate of drug-likeness (QED) is 0.664. The lowest BCUT2D eigenvalue weighted by molar-refractivity contribution is 0.814. The second-order valence-corrected chi connectivity index (χ2v) is 2.96. The van der Waals surface area contributed by atoms with Crippen molar-refractivity contribution in [1.29, 1.82) is 0 Å². The van der Waals surface area contributed by atoms with Crippen molar-refractivity contribution in [2.75, 3.05) is 0 Å². The standard InChI is InChI=1S/C9H9N5/c1-6-3-4-10-5-8(6)9-13-11-7(2)12-14-9/h3-5H,1-2H3. The molecular weight excluding hydrogens is 178 g/mol. The highest BCUT2D eigenvalue weighted by Gasteiger charge is 2.05. The first-order chi connectivity index (χ1) is 6.77. The molecule has 0 bridgehead atoms. The summed E-state index contributed by atoms with van der Waals surface area (Å²) in [5.74, 6) is 1.08. The van der Waals surface area contributed by atoms with Crippen molar-refractivity contribution >= 4 is 0 Å². The highest BCUT2D eigenvalue weighted by molar-refractivity contribution is 5.56. The highest BCUT2D eigenvalue weighted by Crippen LogP contribution is 2.15. The largest absolute Gasteiger partial charge is 0.264 e. The van der Waals surface area contributed by atoms with Crippen LogP contribution in [0.15, 0.2) is 18.5 Å². The first kappa shape index (κ1) is 8.68. The Kier molecular flexibility index (Phi) is 2.14. The molecule has 0 aliphatic rings. The molecule has 0 aliphatic carbocycles. The van der Waals surface area contributed by atoms with Crippen molar-refractivity contribution in [1.82, 2.24) is 25.4 Å². The van der Waals surface area contributed by atoms with Gasteiger partial charge in [-0.2, -0.15) is 0 Å². The Morgan fingerprint density at radius 1 is 1.00 bits per heavy atom. The summed E-state index contributed by atoms with van der Waals surface area (Å²) in [7, 11) is 0. The smallest absolute Gasteiger partial charge is 0.205 e. The van der Waals surface area contributed by atoms with Gasteiger partial charge in [0.2, 0.25) is 5.82 Å². The van der Waals surface area contributed by atoms with Gasteiger partial charge in [0, 0.05) is 18.0 Å². The normalized spacial score (nSPS) is 10.1. The Morgan fingerprint density at radius 3 is 2.36 bits per heavy atom. The van der Waals surface area contributed by atoms with Crippen LogP contribution in [0.25, 0.3) is 11.4 Å². The molecule has 0 N–H and O–H groups in total. The molecule has 0 fully saturated rings. The second kappa shape index (κ2) is 3.45. The van der Waals surface area contributed by atoms with E-state index < -0.39 is 0 Å². The fraction of sp³-hybridized carbons (Fsp3) is 0.222. The van der Waals surface area contributed by atoms with Crippen LogP contribution in [0.5, 0.6) is 0 Å². The molecule has 0 unspecified atom stereocenters. The van der Waals surface area contributed by atoms with E-state index in [1.165, 1.54) is 0 Å². The summed E-state index contributed by atoms with van der Waals surface area (Å²) in [5.41, 5.74) is 1.93. The van der Waals surface area contributed by atoms with Crippen LogP contribution < -0.4 is 0 Å². The fourth-order valence-corrected chi connectivity index (χ4v) is 1.09. The van der Waals surface area contributed by atoms with Gasteiger partial charge in [-0.25, -0.2) is 0 Å². The third-order valence-electron chi connectivity index (χ3n) is 1.86. The molecule has 2 aromatic rings. The summed E-state index contributed by atoms with van der Waals surface area (Å²) in [6.45, 7) is 3.72. The van der Waals surface area contributed by atoms with Gasteiger partial charge in [-0.3, -0.25) is 4.98 Å². The van der Waals surface area contributed by atoms with Crippen molar-refractivity contribution < 1.29 is 0 Å². The molecule has 2 rings (SSSR count). The molecule has 0 radical (unpaired) electrons. The molecule has 14 heavy (non-hydrogen) atoms. The summed E-state index contributed by atoms with van der Waals surface area (Å²) in [5, 5.41) is 15.6. The van der Waals surface area contributed by atoms with E-state index in [1.807, 2.05) is 13.0 Å². The predicted molar refractivity (Wildman–Crippen MR) is 50.3 cm³/mol. The maximum absolute atomic E-state index is 4.01. The van der Waals surface area contributed by atoms with Crippen LogP contribution in [0.1, 0.15) is 11.4 Å². The molecule has 0 atom stereocenters. The number of pyridine rings is 1. The molecule has 5 nitrogen and oxygen atoms in total. The van der Waals surface area contributed by atoms with Gasteiger partial charge in [0.15, 0.2) is 5.82 Å². The highest BCUT2D eigenvalue weighted by atomic mass is 15.3. The fourth-order valence-electron chi connectivity index (χ4n) is 1.09. The minimum atomic E-state index is 0.515. The van der Waals surface area contributed by atoms with Crippen LogP contribution in [0, 0.1) is 13.8 Å². The van der Waals surface area contributed by atoms with Crippen molar-refractivity contribution in [3.63, 3.8) is 0 Å². The van der Waals surface area contributed by atoms with E-state index in [0.29, 0.717) is 11.6 Å². The van der Waals surface area contributed by atoms with Gasteiger partial charge >= 0.3 is 0 Å². The zero-order chi connectivity index (χ0) is 9.97. The molecule has 0 spiro atoms. The van der Waals surface area contributed by atoms with Gasteiger partial charge in [-0.1, -0.05) is 0 Å². The van der Waals surface area contributed by atoms with Crippen molar-refractivity contribution in [3.8, 4) is 11.4 Å². The molecule has 0 amide bonds. The minimum Gasteiger partial charge on any atom is -0.264 e. The van der Waals surface area contributed by atoms with Gasteiger partial charge in [0.05, 0.1) is 0 Å². The number of aromatic nitrogens is 5. The van der Waals surface area contributed by atoms with E-state index in [0.717, 1.165) is 11.1 Å². The maximum atomic E-state index is 4.01. The van der Waals surface area contributed by atoms with Gasteiger partial charge in [0.25, 0.3) is 0 Å². The van der Waals surface area contributed by atoms with E-state index in [9.17, 15) is 0 Å². The van der Waals surface area contributed by atoms with Crippen molar-refractivity contribution in [3.05, 3.63) is 29.8 Å². The summed E-state index contributed by atoms with van der Waals surface area (Å²) in [6.07, 6.45) is 3.44. The van der Waals surface area contributed by atoms with E-state index in [4.69, 9.17) is 0 Å². The molecule has 70 valence electrons. The number of aryl methyl sites for hydroxylation is 2. The summed E-state index contributed by atoms with van der Waals surface area (Å²) in [4.78, 5) is 4.01. The summed E-state index contributed by atoms with van der Waals surface area (Å²) < 4.78 is 0. The van der Waals surface area contributed by atoms with Crippen molar-refractivity contribution in [2.24, 2.45) is 0 Å². The number of rotatable bonds is 1. The van der Waals surface area contributed by atoms with Gasteiger partial charge in [-0.15, -0.1) is 20.4 Å². The number of nitrogens with zero attached hydrogens (tertiary/aromatic N) is 5. The predicted octanol–water partition coefficient (Wildman–Crippen LogP) is 0.945. The summed E-state index contributed by atoms with van der Waals surface area (Å²) in [6, 6.07) is 1.90. The molecule has 5 heteroatoms. The SMILES string of the molecule is Cc1nnc(-c2cnccc2C)nn1. The summed E-state index contributed by atoms with van der Waals surface area (Å²) >= 11 is 0. The van der Waals surface area contributed by atoms with E-state index in [1.54, 1.807) is 19.3 Å². The molecule has 2 aromatic heterocycles. The second-order valence-electron chi connectivity index (χ2n) is 2.96. The molecular formula is C9H9N5. The lowest BCUT2D eigenvalue weighted by Crippen LogP contribution is -1.99. The number of hydrogen-bond acceptors (Lipinski definition) is 5. The lowest BCUT2D eigenvalue weighted by atomic mass is 10.1. The Hall–Kier alpha value is -1.91. The number of hydrogen-bond donors (Lipinski definition) is 0. The van der Waals surface area contributed by atoms with Crippen LogP contribution in [0.3, 0.4) is 0 Å². The Bertz CT molecular complexity index is 437. The zero-order valence-electron chi connectivity index (χ0n) is 7.97. The van der Waals surface area contributed by atoms with Gasteiger partial charge in [-0.05, 0) is 25.5 Å². The third-order valence-corrected chi connectivity index (χ3v) is 1.86. The minimum absolute atomic E-state index is 0.515. The van der Waals surface area contributed by atoms with Crippen LogP contribution in [-0.2, 0) is 0 Å². The van der Waals surface area contributed by atoms with Gasteiger partial charge < -0.3 is 0 Å². The van der Waals surface area contributed by atoms with Gasteiger partial charge in [0.1, 0.15) is 0 Å². The maximum Gasteiger partial charge on any atom is 0.205 e. The Morgan fingerprint density at radius 2 is 1.71 bits per heavy atom. The average Bonchev–Trinajstić information content (AvgIpc) is 2.20. The van der Waals surface area contributed by atoms with Crippen molar-refractivity contribution in [2.45, 2.75) is 13.8 Å². The van der Waals surface area contributed by atoms with E-state index in [2.05, 4.69) is 25.4 Å². The molecule has 0 saturated carbocycles. The molecule has 0 aromatic carbocycles. The monoisotopic (exact) mass is 187 g/mol. The Labute approximate surface area is 81.3 Å². The zero-order valence-corrected chi connectivity index (χ0v) is 7.97. The molecule has 2 heterocycles. The van der Waals surface area contributed by atoms with Crippen LogP contribution in [0.4, 0.5) is 0 Å². The van der Waals surface area contributed by atoms with E-state index >= 15 is 0 Å². The lowest BCUT2D eigenvalue weighted by Gasteiger charge is -2.00. The topological polar surface area (TPSA) is 64.5 Å². The first-order valence-corrected chi connectivity index (χ1v) is 4.22. The van der Waals surface area contributed by atoms with Crippen LogP contribution in [0.2, 0.25) is 0 Å². The van der Waals surface area contributed by atoms with Crippen LogP contribution >= 0.6 is 0 Å². The van der Waals surface area contributed by atoms with E-state index in [-0.39, 0.29) is 0 Å². The average molecular weight is 187 g/mol. The Balaban J connectivity index is 2.50. The third kappa shape index (κ3) is 1.56. The molecule has 0 saturated heterocycles.